The molecule has 0 amide bonds. The lowest BCUT2D eigenvalue weighted by Gasteiger charge is -2.09. The summed E-state index contributed by atoms with van der Waals surface area (Å²) >= 11 is 0. The van der Waals surface area contributed by atoms with Crippen LogP contribution in [0.1, 0.15) is 18.1 Å². The normalized spacial score (nSPS) is 13.4. The van der Waals surface area contributed by atoms with Gasteiger partial charge in [-0.1, -0.05) is 48.0 Å². The monoisotopic (exact) mass is 224 g/mol. The zero-order valence-electron chi connectivity index (χ0n) is 9.70. The van der Waals surface area contributed by atoms with Gasteiger partial charge in [0.2, 0.25) is 0 Å². The van der Waals surface area contributed by atoms with Gasteiger partial charge in [0.25, 0.3) is 0 Å². The van der Waals surface area contributed by atoms with E-state index < -0.39 is 0 Å². The number of rotatable bonds is 1. The van der Waals surface area contributed by atoms with Crippen LogP contribution in [0.3, 0.4) is 0 Å². The molecule has 84 valence electrons. The third-order valence-corrected chi connectivity index (χ3v) is 3.23. The Kier molecular flexibility index (Phi) is 2.32. The predicted octanol–water partition coefficient (Wildman–Crippen LogP) is 4.45. The van der Waals surface area contributed by atoms with Crippen molar-refractivity contribution >= 4 is 6.08 Å². The highest BCUT2D eigenvalue weighted by molar-refractivity contribution is 5.77. The summed E-state index contributed by atoms with van der Waals surface area (Å²) in [6, 6.07) is 13.1. The van der Waals surface area contributed by atoms with Gasteiger partial charge in [-0.05, 0) is 36.1 Å². The molecule has 0 nitrogen and oxygen atoms in total. The summed E-state index contributed by atoms with van der Waals surface area (Å²) in [7, 11) is 0. The molecule has 2 aromatic carbocycles. The highest BCUT2D eigenvalue weighted by atomic mass is 19.1. The fourth-order valence-corrected chi connectivity index (χ4v) is 2.46. The van der Waals surface area contributed by atoms with Crippen LogP contribution >= 0.6 is 0 Å². The summed E-state index contributed by atoms with van der Waals surface area (Å²) in [5, 5.41) is 0. The fraction of sp³-hybridized carbons (Fsp3) is 0.125. The molecule has 0 unspecified atom stereocenters. The zero-order chi connectivity index (χ0) is 11.8. The van der Waals surface area contributed by atoms with Crippen LogP contribution < -0.4 is 0 Å². The molecule has 2 aromatic rings. The summed E-state index contributed by atoms with van der Waals surface area (Å²) in [4.78, 5) is 0. The van der Waals surface area contributed by atoms with Gasteiger partial charge in [0.1, 0.15) is 5.82 Å². The minimum absolute atomic E-state index is 0.148. The molecule has 0 saturated heterocycles. The average molecular weight is 224 g/mol. The SMILES string of the molecule is CC1=Cc2cccc(-c3ccccc3F)c2C1. The molecule has 0 atom stereocenters. The first-order chi connectivity index (χ1) is 8.25. The van der Waals surface area contributed by atoms with E-state index in [0.29, 0.717) is 5.56 Å². The van der Waals surface area contributed by atoms with Crippen molar-refractivity contribution in [1.82, 2.24) is 0 Å². The molecule has 1 heteroatoms. The molecular formula is C16H13F. The standard InChI is InChI=1S/C16H13F/c1-11-9-12-5-4-7-13(15(12)10-11)14-6-2-3-8-16(14)17/h2-9H,10H2,1H3. The predicted molar refractivity (Wildman–Crippen MR) is 69.2 cm³/mol. The van der Waals surface area contributed by atoms with Crippen LogP contribution in [0.15, 0.2) is 48.0 Å². The van der Waals surface area contributed by atoms with E-state index in [1.165, 1.54) is 22.8 Å². The first-order valence-corrected chi connectivity index (χ1v) is 5.79. The lowest BCUT2D eigenvalue weighted by molar-refractivity contribution is 0.631. The van der Waals surface area contributed by atoms with Gasteiger partial charge < -0.3 is 0 Å². The molecule has 0 fully saturated rings. The topological polar surface area (TPSA) is 0 Å². The van der Waals surface area contributed by atoms with Crippen molar-refractivity contribution < 1.29 is 4.39 Å². The summed E-state index contributed by atoms with van der Waals surface area (Å²) in [6.07, 6.45) is 3.11. The van der Waals surface area contributed by atoms with Crippen LogP contribution in [0, 0.1) is 5.82 Å². The lowest BCUT2D eigenvalue weighted by Crippen LogP contribution is -1.91. The number of allylic oxidation sites excluding steroid dienone is 1. The smallest absolute Gasteiger partial charge is 0.131 e. The quantitative estimate of drug-likeness (QED) is 0.671. The molecule has 0 heterocycles. The molecule has 0 aliphatic heterocycles. The Morgan fingerprint density at radius 3 is 2.53 bits per heavy atom. The van der Waals surface area contributed by atoms with Gasteiger partial charge in [-0.3, -0.25) is 0 Å². The van der Waals surface area contributed by atoms with Crippen molar-refractivity contribution in [1.29, 1.82) is 0 Å². The van der Waals surface area contributed by atoms with Crippen LogP contribution in [0.2, 0.25) is 0 Å². The van der Waals surface area contributed by atoms with E-state index in [4.69, 9.17) is 0 Å². The van der Waals surface area contributed by atoms with Crippen LogP contribution in [0.5, 0.6) is 0 Å². The van der Waals surface area contributed by atoms with E-state index in [-0.39, 0.29) is 5.82 Å². The van der Waals surface area contributed by atoms with Crippen LogP contribution in [-0.2, 0) is 6.42 Å². The van der Waals surface area contributed by atoms with E-state index >= 15 is 0 Å². The molecule has 1 aliphatic carbocycles. The fourth-order valence-electron chi connectivity index (χ4n) is 2.46. The molecule has 0 spiro atoms. The van der Waals surface area contributed by atoms with Crippen molar-refractivity contribution in [2.24, 2.45) is 0 Å². The zero-order valence-corrected chi connectivity index (χ0v) is 9.70. The van der Waals surface area contributed by atoms with Crippen molar-refractivity contribution in [3.8, 4) is 11.1 Å². The van der Waals surface area contributed by atoms with E-state index in [2.05, 4.69) is 19.1 Å². The van der Waals surface area contributed by atoms with E-state index in [0.717, 1.165) is 12.0 Å². The number of fused-ring (bicyclic) bond motifs is 1. The Labute approximate surface area is 100 Å². The van der Waals surface area contributed by atoms with Gasteiger partial charge in [-0.25, -0.2) is 4.39 Å². The number of benzene rings is 2. The van der Waals surface area contributed by atoms with E-state index in [1.807, 2.05) is 24.3 Å². The van der Waals surface area contributed by atoms with Gasteiger partial charge >= 0.3 is 0 Å². The molecular weight excluding hydrogens is 211 g/mol. The molecule has 3 rings (SSSR count). The first-order valence-electron chi connectivity index (χ1n) is 5.79. The van der Waals surface area contributed by atoms with Crippen LogP contribution in [0.25, 0.3) is 17.2 Å². The Balaban J connectivity index is 2.20. The van der Waals surface area contributed by atoms with Crippen molar-refractivity contribution in [3.63, 3.8) is 0 Å². The van der Waals surface area contributed by atoms with Gasteiger partial charge in [-0.2, -0.15) is 0 Å². The number of hydrogen-bond donors (Lipinski definition) is 0. The Morgan fingerprint density at radius 1 is 0.941 bits per heavy atom. The highest BCUT2D eigenvalue weighted by Crippen LogP contribution is 2.34. The maximum absolute atomic E-state index is 13.8. The summed E-state index contributed by atoms with van der Waals surface area (Å²) in [6.45, 7) is 2.12. The van der Waals surface area contributed by atoms with Gasteiger partial charge in [0.05, 0.1) is 0 Å². The summed E-state index contributed by atoms with van der Waals surface area (Å²) in [5.41, 5.74) is 5.53. The van der Waals surface area contributed by atoms with Gasteiger partial charge in [0, 0.05) is 5.56 Å². The molecule has 0 aromatic heterocycles. The Hall–Kier alpha value is -1.89. The minimum atomic E-state index is -0.148. The third-order valence-electron chi connectivity index (χ3n) is 3.23. The maximum Gasteiger partial charge on any atom is 0.131 e. The molecule has 0 radical (unpaired) electrons. The van der Waals surface area contributed by atoms with Gasteiger partial charge in [-0.15, -0.1) is 0 Å². The summed E-state index contributed by atoms with van der Waals surface area (Å²) < 4.78 is 13.8. The van der Waals surface area contributed by atoms with Crippen molar-refractivity contribution in [3.05, 3.63) is 65.0 Å². The van der Waals surface area contributed by atoms with Crippen molar-refractivity contribution in [2.45, 2.75) is 13.3 Å². The molecule has 0 bridgehead atoms. The molecule has 0 saturated carbocycles. The second-order valence-corrected chi connectivity index (χ2v) is 4.52. The summed E-state index contributed by atoms with van der Waals surface area (Å²) in [5.74, 6) is -0.148. The second-order valence-electron chi connectivity index (χ2n) is 4.52. The van der Waals surface area contributed by atoms with Crippen molar-refractivity contribution in [2.75, 3.05) is 0 Å². The van der Waals surface area contributed by atoms with Crippen LogP contribution in [-0.4, -0.2) is 0 Å². The highest BCUT2D eigenvalue weighted by Gasteiger charge is 2.16. The lowest BCUT2D eigenvalue weighted by atomic mass is 9.96. The van der Waals surface area contributed by atoms with Gasteiger partial charge in [0.15, 0.2) is 0 Å². The molecule has 17 heavy (non-hydrogen) atoms. The molecule has 1 aliphatic rings. The first kappa shape index (κ1) is 10.3. The van der Waals surface area contributed by atoms with E-state index in [1.54, 1.807) is 6.07 Å². The number of halogens is 1. The third kappa shape index (κ3) is 1.68. The largest absolute Gasteiger partial charge is 0.206 e. The van der Waals surface area contributed by atoms with E-state index in [9.17, 15) is 4.39 Å². The molecule has 0 N–H and O–H groups in total. The maximum atomic E-state index is 13.8. The number of hydrogen-bond acceptors (Lipinski definition) is 0. The Morgan fingerprint density at radius 2 is 1.71 bits per heavy atom. The second kappa shape index (κ2) is 3.85. The van der Waals surface area contributed by atoms with Crippen LogP contribution in [0.4, 0.5) is 4.39 Å². The average Bonchev–Trinajstić information content (AvgIpc) is 2.70. The Bertz CT molecular complexity index is 609. The minimum Gasteiger partial charge on any atom is -0.206 e.